The number of H-pyrrole nitrogens is 1. The zero-order chi connectivity index (χ0) is 20.1. The molecule has 29 heavy (non-hydrogen) atoms. The minimum atomic E-state index is 0.158. The van der Waals surface area contributed by atoms with Gasteiger partial charge in [-0.3, -0.25) is 9.89 Å². The summed E-state index contributed by atoms with van der Waals surface area (Å²) in [7, 11) is 0. The van der Waals surface area contributed by atoms with Gasteiger partial charge in [0.25, 0.3) is 0 Å². The van der Waals surface area contributed by atoms with Gasteiger partial charge in [-0.05, 0) is 55.0 Å². The zero-order valence-corrected chi connectivity index (χ0v) is 17.6. The number of hydrogen-bond donors (Lipinski definition) is 1. The van der Waals surface area contributed by atoms with E-state index in [1.165, 1.54) is 17.3 Å². The summed E-state index contributed by atoms with van der Waals surface area (Å²) < 4.78 is 0. The van der Waals surface area contributed by atoms with Gasteiger partial charge in [0.15, 0.2) is 5.82 Å². The molecule has 0 bridgehead atoms. The number of likely N-dealkylation sites (tertiary alicyclic amines) is 1. The molecule has 2 heterocycles. The average Bonchev–Trinajstić information content (AvgIpc) is 3.23. The number of hydrogen-bond acceptors (Lipinski definition) is 4. The highest BCUT2D eigenvalue weighted by Gasteiger charge is 2.23. The number of thioether (sulfide) groups is 1. The maximum atomic E-state index is 12.6. The summed E-state index contributed by atoms with van der Waals surface area (Å²) >= 11 is 7.29. The van der Waals surface area contributed by atoms with Gasteiger partial charge in [-0.25, -0.2) is 4.98 Å². The van der Waals surface area contributed by atoms with Crippen LogP contribution in [0.3, 0.4) is 0 Å². The molecule has 1 fully saturated rings. The van der Waals surface area contributed by atoms with Crippen molar-refractivity contribution >= 4 is 29.3 Å². The van der Waals surface area contributed by atoms with Crippen LogP contribution in [0, 0.1) is 5.92 Å². The number of benzene rings is 2. The Hall–Kier alpha value is -2.31. The number of nitrogens with one attached hydrogen (secondary N) is 1. The third-order valence-electron chi connectivity index (χ3n) is 5.24. The van der Waals surface area contributed by atoms with Gasteiger partial charge >= 0.3 is 0 Å². The van der Waals surface area contributed by atoms with E-state index in [0.29, 0.717) is 27.7 Å². The van der Waals surface area contributed by atoms with Crippen molar-refractivity contribution in [3.8, 4) is 11.4 Å². The fraction of sp³-hybridized carbons (Fsp3) is 0.318. The molecular weight excluding hydrogens is 404 g/mol. The first-order valence-electron chi connectivity index (χ1n) is 9.80. The number of amides is 1. The Balaban J connectivity index is 1.24. The molecule has 1 N–H and O–H groups in total. The molecule has 0 unspecified atom stereocenters. The molecule has 3 aromatic rings. The Morgan fingerprint density at radius 3 is 2.55 bits per heavy atom. The quantitative estimate of drug-likeness (QED) is 0.580. The summed E-state index contributed by atoms with van der Waals surface area (Å²) in [5.74, 6) is 1.86. The number of aromatic nitrogens is 3. The molecule has 1 saturated heterocycles. The second kappa shape index (κ2) is 9.46. The molecule has 2 aromatic carbocycles. The third kappa shape index (κ3) is 5.40. The van der Waals surface area contributed by atoms with Crippen molar-refractivity contribution in [2.75, 3.05) is 18.8 Å². The van der Waals surface area contributed by atoms with Crippen LogP contribution in [0.25, 0.3) is 11.4 Å². The second-order valence-electron chi connectivity index (χ2n) is 7.28. The molecule has 0 aliphatic carbocycles. The van der Waals surface area contributed by atoms with E-state index in [4.69, 9.17) is 11.6 Å². The van der Waals surface area contributed by atoms with Gasteiger partial charge in [0.05, 0.1) is 5.75 Å². The summed E-state index contributed by atoms with van der Waals surface area (Å²) in [5, 5.41) is 8.40. The van der Waals surface area contributed by atoms with Crippen LogP contribution in [0.1, 0.15) is 18.4 Å². The topological polar surface area (TPSA) is 61.9 Å². The Morgan fingerprint density at radius 2 is 1.83 bits per heavy atom. The van der Waals surface area contributed by atoms with Crippen molar-refractivity contribution < 1.29 is 4.79 Å². The van der Waals surface area contributed by atoms with Crippen molar-refractivity contribution in [3.05, 3.63) is 65.2 Å². The number of carbonyl (C=O) groups is 1. The van der Waals surface area contributed by atoms with E-state index in [2.05, 4.69) is 45.5 Å². The van der Waals surface area contributed by atoms with Crippen molar-refractivity contribution in [1.82, 2.24) is 20.1 Å². The molecule has 1 aliphatic heterocycles. The maximum absolute atomic E-state index is 12.6. The fourth-order valence-electron chi connectivity index (χ4n) is 3.60. The molecule has 4 rings (SSSR count). The lowest BCUT2D eigenvalue weighted by atomic mass is 9.90. The number of carbonyl (C=O) groups excluding carboxylic acids is 1. The summed E-state index contributed by atoms with van der Waals surface area (Å²) in [5.41, 5.74) is 2.30. The average molecular weight is 427 g/mol. The molecule has 0 saturated carbocycles. The first kappa shape index (κ1) is 20.0. The number of halogens is 1. The van der Waals surface area contributed by atoms with E-state index < -0.39 is 0 Å². The predicted molar refractivity (Wildman–Crippen MR) is 117 cm³/mol. The van der Waals surface area contributed by atoms with Crippen molar-refractivity contribution in [2.45, 2.75) is 24.4 Å². The van der Waals surface area contributed by atoms with Crippen LogP contribution in [0.4, 0.5) is 0 Å². The van der Waals surface area contributed by atoms with Gasteiger partial charge in [0.1, 0.15) is 0 Å². The second-order valence-corrected chi connectivity index (χ2v) is 8.65. The molecule has 1 aliphatic rings. The highest BCUT2D eigenvalue weighted by Crippen LogP contribution is 2.24. The Morgan fingerprint density at radius 1 is 1.10 bits per heavy atom. The van der Waals surface area contributed by atoms with E-state index in [0.717, 1.165) is 37.9 Å². The molecule has 150 valence electrons. The normalized spacial score (nSPS) is 14.9. The first-order chi connectivity index (χ1) is 14.2. The summed E-state index contributed by atoms with van der Waals surface area (Å²) in [6, 6.07) is 18.0. The smallest absolute Gasteiger partial charge is 0.233 e. The standard InChI is InChI=1S/C22H23ClN4OS/c23-19-8-6-18(7-9-19)21-24-22(26-25-21)29-15-20(28)27-12-10-17(11-13-27)14-16-4-2-1-3-5-16/h1-9,17H,10-15H2,(H,24,25,26). The number of nitrogens with zero attached hydrogens (tertiary/aromatic N) is 3. The summed E-state index contributed by atoms with van der Waals surface area (Å²) in [6.07, 6.45) is 3.22. The molecule has 0 atom stereocenters. The first-order valence-corrected chi connectivity index (χ1v) is 11.2. The molecule has 0 radical (unpaired) electrons. The molecule has 1 amide bonds. The highest BCUT2D eigenvalue weighted by atomic mass is 35.5. The zero-order valence-electron chi connectivity index (χ0n) is 16.1. The lowest BCUT2D eigenvalue weighted by molar-refractivity contribution is -0.129. The number of piperidine rings is 1. The minimum Gasteiger partial charge on any atom is -0.342 e. The lowest BCUT2D eigenvalue weighted by Gasteiger charge is -2.32. The highest BCUT2D eigenvalue weighted by molar-refractivity contribution is 7.99. The Kier molecular flexibility index (Phi) is 6.52. The van der Waals surface area contributed by atoms with Crippen LogP contribution >= 0.6 is 23.4 Å². The van der Waals surface area contributed by atoms with E-state index in [-0.39, 0.29) is 5.91 Å². The van der Waals surface area contributed by atoms with Gasteiger partial charge in [0, 0.05) is 23.7 Å². The summed E-state index contributed by atoms with van der Waals surface area (Å²) in [6.45, 7) is 1.67. The van der Waals surface area contributed by atoms with Crippen LogP contribution in [-0.2, 0) is 11.2 Å². The monoisotopic (exact) mass is 426 g/mol. The molecule has 7 heteroatoms. The van der Waals surface area contributed by atoms with Crippen molar-refractivity contribution in [2.24, 2.45) is 5.92 Å². The van der Waals surface area contributed by atoms with E-state index in [1.54, 1.807) is 0 Å². The third-order valence-corrected chi connectivity index (χ3v) is 6.33. The van der Waals surface area contributed by atoms with E-state index in [1.807, 2.05) is 29.2 Å². The van der Waals surface area contributed by atoms with Gasteiger partial charge in [-0.2, -0.15) is 0 Å². The SMILES string of the molecule is O=C(CSc1n[nH]c(-c2ccc(Cl)cc2)n1)N1CCC(Cc2ccccc2)CC1. The van der Waals surface area contributed by atoms with Crippen LogP contribution in [0.15, 0.2) is 59.8 Å². The van der Waals surface area contributed by atoms with Crippen LogP contribution < -0.4 is 0 Å². The van der Waals surface area contributed by atoms with Crippen LogP contribution in [0.2, 0.25) is 5.02 Å². The predicted octanol–water partition coefficient (Wildman–Crippen LogP) is 4.70. The lowest BCUT2D eigenvalue weighted by Crippen LogP contribution is -2.39. The maximum Gasteiger partial charge on any atom is 0.233 e. The fourth-order valence-corrected chi connectivity index (χ4v) is 4.43. The largest absolute Gasteiger partial charge is 0.342 e. The molecular formula is C22H23ClN4OS. The van der Waals surface area contributed by atoms with E-state index in [9.17, 15) is 4.79 Å². The number of rotatable bonds is 6. The Bertz CT molecular complexity index is 937. The van der Waals surface area contributed by atoms with Gasteiger partial charge < -0.3 is 4.90 Å². The minimum absolute atomic E-state index is 0.158. The van der Waals surface area contributed by atoms with E-state index >= 15 is 0 Å². The molecule has 0 spiro atoms. The van der Waals surface area contributed by atoms with Crippen LogP contribution in [0.5, 0.6) is 0 Å². The number of aromatic amines is 1. The van der Waals surface area contributed by atoms with Gasteiger partial charge in [-0.1, -0.05) is 53.7 Å². The molecule has 5 nitrogen and oxygen atoms in total. The van der Waals surface area contributed by atoms with Crippen molar-refractivity contribution in [1.29, 1.82) is 0 Å². The summed E-state index contributed by atoms with van der Waals surface area (Å²) in [4.78, 5) is 19.0. The Labute approximate surface area is 179 Å². The van der Waals surface area contributed by atoms with Gasteiger partial charge in [0.2, 0.25) is 11.1 Å². The van der Waals surface area contributed by atoms with Crippen molar-refractivity contribution in [3.63, 3.8) is 0 Å². The van der Waals surface area contributed by atoms with Gasteiger partial charge in [-0.15, -0.1) is 5.10 Å². The van der Waals surface area contributed by atoms with Crippen LogP contribution in [-0.4, -0.2) is 44.8 Å². The molecule has 1 aromatic heterocycles.